The van der Waals surface area contributed by atoms with Crippen LogP contribution in [0.4, 0.5) is 0 Å². The standard InChI is InChI=1S/C13H20N2O4/c1-4-17-11(16)9(2)10-14-12(15-19-10)13(3)7-5-6-8-18-13/h9H,4-8H2,1-3H3. The summed E-state index contributed by atoms with van der Waals surface area (Å²) in [6, 6.07) is 0. The van der Waals surface area contributed by atoms with Crippen LogP contribution in [-0.4, -0.2) is 29.3 Å². The number of aromatic nitrogens is 2. The average Bonchev–Trinajstić information content (AvgIpc) is 2.89. The predicted octanol–water partition coefficient (Wildman–Crippen LogP) is 2.15. The van der Waals surface area contributed by atoms with Gasteiger partial charge in [0.05, 0.1) is 6.61 Å². The van der Waals surface area contributed by atoms with Gasteiger partial charge in [0, 0.05) is 6.61 Å². The van der Waals surface area contributed by atoms with E-state index in [-0.39, 0.29) is 11.9 Å². The lowest BCUT2D eigenvalue weighted by molar-refractivity contribution is -0.145. The van der Waals surface area contributed by atoms with E-state index in [1.165, 1.54) is 0 Å². The van der Waals surface area contributed by atoms with E-state index in [0.717, 1.165) is 19.3 Å². The Morgan fingerprint density at radius 3 is 2.95 bits per heavy atom. The van der Waals surface area contributed by atoms with E-state index in [1.54, 1.807) is 13.8 Å². The summed E-state index contributed by atoms with van der Waals surface area (Å²) in [5, 5.41) is 3.96. The van der Waals surface area contributed by atoms with Gasteiger partial charge in [0.15, 0.2) is 0 Å². The topological polar surface area (TPSA) is 74.5 Å². The molecule has 1 aromatic heterocycles. The molecule has 0 spiro atoms. The van der Waals surface area contributed by atoms with Crippen molar-refractivity contribution in [3.63, 3.8) is 0 Å². The molecule has 1 fully saturated rings. The van der Waals surface area contributed by atoms with Crippen LogP contribution < -0.4 is 0 Å². The summed E-state index contributed by atoms with van der Waals surface area (Å²) >= 11 is 0. The van der Waals surface area contributed by atoms with E-state index >= 15 is 0 Å². The van der Waals surface area contributed by atoms with E-state index in [1.807, 2.05) is 6.92 Å². The molecule has 1 aromatic rings. The number of esters is 1. The van der Waals surface area contributed by atoms with Crippen LogP contribution in [0.25, 0.3) is 0 Å². The fraction of sp³-hybridized carbons (Fsp3) is 0.769. The molecule has 2 heterocycles. The second kappa shape index (κ2) is 5.69. The molecule has 0 amide bonds. The lowest BCUT2D eigenvalue weighted by atomic mass is 9.95. The Labute approximate surface area is 112 Å². The third-order valence-electron chi connectivity index (χ3n) is 3.39. The molecule has 0 saturated carbocycles. The first-order valence-electron chi connectivity index (χ1n) is 6.71. The van der Waals surface area contributed by atoms with Gasteiger partial charge in [0.25, 0.3) is 0 Å². The summed E-state index contributed by atoms with van der Waals surface area (Å²) in [6.07, 6.45) is 2.99. The third-order valence-corrected chi connectivity index (χ3v) is 3.39. The number of nitrogens with zero attached hydrogens (tertiary/aromatic N) is 2. The van der Waals surface area contributed by atoms with Crippen LogP contribution in [0.2, 0.25) is 0 Å². The van der Waals surface area contributed by atoms with Crippen LogP contribution in [0, 0.1) is 0 Å². The molecule has 19 heavy (non-hydrogen) atoms. The summed E-state index contributed by atoms with van der Waals surface area (Å²) in [5.41, 5.74) is -0.506. The predicted molar refractivity (Wildman–Crippen MR) is 66.5 cm³/mol. The van der Waals surface area contributed by atoms with Crippen molar-refractivity contribution in [3.8, 4) is 0 Å². The number of rotatable bonds is 4. The zero-order valence-electron chi connectivity index (χ0n) is 11.6. The summed E-state index contributed by atoms with van der Waals surface area (Å²) in [5.74, 6) is -0.108. The molecule has 1 aliphatic rings. The van der Waals surface area contributed by atoms with Crippen molar-refractivity contribution < 1.29 is 18.8 Å². The van der Waals surface area contributed by atoms with Crippen LogP contribution in [0.5, 0.6) is 0 Å². The summed E-state index contributed by atoms with van der Waals surface area (Å²) in [4.78, 5) is 15.9. The van der Waals surface area contributed by atoms with Crippen LogP contribution in [0.15, 0.2) is 4.52 Å². The normalized spacial score (nSPS) is 25.0. The summed E-state index contributed by atoms with van der Waals surface area (Å²) in [6.45, 7) is 6.45. The van der Waals surface area contributed by atoms with Gasteiger partial charge in [-0.1, -0.05) is 5.16 Å². The lowest BCUT2D eigenvalue weighted by Crippen LogP contribution is -2.31. The Hall–Kier alpha value is -1.43. The second-order valence-corrected chi connectivity index (χ2v) is 4.97. The smallest absolute Gasteiger partial charge is 0.318 e. The van der Waals surface area contributed by atoms with E-state index < -0.39 is 11.5 Å². The third kappa shape index (κ3) is 2.94. The Morgan fingerprint density at radius 2 is 2.32 bits per heavy atom. The van der Waals surface area contributed by atoms with E-state index in [4.69, 9.17) is 14.0 Å². The monoisotopic (exact) mass is 268 g/mol. The van der Waals surface area contributed by atoms with Crippen molar-refractivity contribution in [2.75, 3.05) is 13.2 Å². The van der Waals surface area contributed by atoms with Gasteiger partial charge in [0.1, 0.15) is 11.5 Å². The fourth-order valence-corrected chi connectivity index (χ4v) is 2.10. The largest absolute Gasteiger partial charge is 0.465 e. The molecule has 0 radical (unpaired) electrons. The summed E-state index contributed by atoms with van der Waals surface area (Å²) < 4.78 is 15.9. The van der Waals surface area contributed by atoms with Crippen molar-refractivity contribution in [2.45, 2.75) is 51.6 Å². The molecule has 0 aliphatic carbocycles. The second-order valence-electron chi connectivity index (χ2n) is 4.97. The molecule has 2 rings (SSSR count). The van der Waals surface area contributed by atoms with Crippen molar-refractivity contribution in [3.05, 3.63) is 11.7 Å². The van der Waals surface area contributed by atoms with Crippen LogP contribution >= 0.6 is 0 Å². The zero-order chi connectivity index (χ0) is 13.9. The lowest BCUT2D eigenvalue weighted by Gasteiger charge is -2.30. The minimum Gasteiger partial charge on any atom is -0.465 e. The number of hydrogen-bond donors (Lipinski definition) is 0. The van der Waals surface area contributed by atoms with Crippen molar-refractivity contribution in [1.82, 2.24) is 10.1 Å². The number of carbonyl (C=O) groups excluding carboxylic acids is 1. The Morgan fingerprint density at radius 1 is 1.53 bits per heavy atom. The molecule has 1 aliphatic heterocycles. The maximum Gasteiger partial charge on any atom is 0.318 e. The van der Waals surface area contributed by atoms with Crippen molar-refractivity contribution >= 4 is 5.97 Å². The molecule has 0 N–H and O–H groups in total. The SMILES string of the molecule is CCOC(=O)C(C)c1nc(C2(C)CCCCO2)no1. The molecule has 6 nitrogen and oxygen atoms in total. The van der Waals surface area contributed by atoms with Gasteiger partial charge < -0.3 is 14.0 Å². The Bertz CT molecular complexity index is 438. The van der Waals surface area contributed by atoms with Gasteiger partial charge in [-0.3, -0.25) is 4.79 Å². The van der Waals surface area contributed by atoms with Crippen molar-refractivity contribution in [1.29, 1.82) is 0 Å². The first-order valence-corrected chi connectivity index (χ1v) is 6.71. The van der Waals surface area contributed by atoms with Crippen LogP contribution in [-0.2, 0) is 19.9 Å². The number of hydrogen-bond acceptors (Lipinski definition) is 6. The minimum absolute atomic E-state index is 0.281. The Balaban J connectivity index is 2.12. The van der Waals surface area contributed by atoms with E-state index in [2.05, 4.69) is 10.1 Å². The van der Waals surface area contributed by atoms with Crippen LogP contribution in [0.3, 0.4) is 0 Å². The number of ether oxygens (including phenoxy) is 2. The zero-order valence-corrected chi connectivity index (χ0v) is 11.6. The van der Waals surface area contributed by atoms with E-state index in [9.17, 15) is 4.79 Å². The van der Waals surface area contributed by atoms with Crippen molar-refractivity contribution in [2.24, 2.45) is 0 Å². The molecular formula is C13H20N2O4. The summed E-state index contributed by atoms with van der Waals surface area (Å²) in [7, 11) is 0. The average molecular weight is 268 g/mol. The quantitative estimate of drug-likeness (QED) is 0.779. The van der Waals surface area contributed by atoms with Gasteiger partial charge in [0.2, 0.25) is 11.7 Å². The molecule has 2 atom stereocenters. The van der Waals surface area contributed by atoms with Gasteiger partial charge in [-0.25, -0.2) is 0 Å². The molecule has 0 bridgehead atoms. The molecule has 6 heteroatoms. The van der Waals surface area contributed by atoms with Gasteiger partial charge in [-0.15, -0.1) is 0 Å². The first kappa shape index (κ1) is 14.0. The highest BCUT2D eigenvalue weighted by Crippen LogP contribution is 2.33. The highest BCUT2D eigenvalue weighted by molar-refractivity contribution is 5.76. The van der Waals surface area contributed by atoms with E-state index in [0.29, 0.717) is 19.0 Å². The Kier molecular flexibility index (Phi) is 4.19. The maximum absolute atomic E-state index is 11.6. The van der Waals surface area contributed by atoms with Crippen LogP contribution in [0.1, 0.15) is 57.7 Å². The molecule has 106 valence electrons. The number of carbonyl (C=O) groups is 1. The molecule has 0 aromatic carbocycles. The van der Waals surface area contributed by atoms with Gasteiger partial charge in [-0.05, 0) is 40.0 Å². The van der Waals surface area contributed by atoms with Gasteiger partial charge in [-0.2, -0.15) is 4.98 Å². The molecular weight excluding hydrogens is 248 g/mol. The molecule has 2 unspecified atom stereocenters. The minimum atomic E-state index is -0.548. The highest BCUT2D eigenvalue weighted by atomic mass is 16.5. The van der Waals surface area contributed by atoms with Gasteiger partial charge >= 0.3 is 5.97 Å². The molecule has 1 saturated heterocycles. The first-order chi connectivity index (χ1) is 9.07. The highest BCUT2D eigenvalue weighted by Gasteiger charge is 2.36. The fourth-order valence-electron chi connectivity index (χ4n) is 2.10. The maximum atomic E-state index is 11.6.